The number of benzene rings is 3. The molecular formula is C35H35N5O5. The Morgan fingerprint density at radius 2 is 1.36 bits per heavy atom. The van der Waals surface area contributed by atoms with Crippen LogP contribution in [0.4, 0.5) is 5.95 Å². The number of aliphatic hydroxyl groups excluding tert-OH is 1. The fourth-order valence-corrected chi connectivity index (χ4v) is 6.25. The van der Waals surface area contributed by atoms with Gasteiger partial charge in [-0.15, -0.1) is 0 Å². The zero-order valence-electron chi connectivity index (χ0n) is 24.9. The van der Waals surface area contributed by atoms with E-state index in [0.717, 1.165) is 60.9 Å². The van der Waals surface area contributed by atoms with Gasteiger partial charge in [0.05, 0.1) is 36.5 Å². The van der Waals surface area contributed by atoms with Gasteiger partial charge in [0.15, 0.2) is 6.29 Å². The third kappa shape index (κ3) is 6.23. The first-order chi connectivity index (χ1) is 22.1. The molecule has 4 aromatic rings. The van der Waals surface area contributed by atoms with E-state index in [0.29, 0.717) is 17.5 Å². The molecule has 2 fully saturated rings. The third-order valence-electron chi connectivity index (χ3n) is 8.75. The SMILES string of the molecule is O=C1c2ccccc2C(=O)N1Cc1ccc(C2OC(CN3CCN(c4ncccn4)CC3)CC(c3ccc(CO)cc3)O2)cc1. The van der Waals surface area contributed by atoms with Crippen molar-refractivity contribution >= 4 is 17.8 Å². The summed E-state index contributed by atoms with van der Waals surface area (Å²) in [5.74, 6) is 0.222. The van der Waals surface area contributed by atoms with Crippen LogP contribution in [0.5, 0.6) is 0 Å². The lowest BCUT2D eigenvalue weighted by atomic mass is 9.99. The minimum absolute atomic E-state index is 0.00672. The van der Waals surface area contributed by atoms with Crippen molar-refractivity contribution in [1.82, 2.24) is 19.8 Å². The first-order valence-corrected chi connectivity index (χ1v) is 15.3. The summed E-state index contributed by atoms with van der Waals surface area (Å²) in [7, 11) is 0. The van der Waals surface area contributed by atoms with Crippen molar-refractivity contribution < 1.29 is 24.2 Å². The Morgan fingerprint density at radius 3 is 2.00 bits per heavy atom. The van der Waals surface area contributed by atoms with Gasteiger partial charge in [-0.1, -0.05) is 60.7 Å². The monoisotopic (exact) mass is 605 g/mol. The van der Waals surface area contributed by atoms with Gasteiger partial charge in [-0.05, 0) is 34.9 Å². The molecular weight excluding hydrogens is 570 g/mol. The lowest BCUT2D eigenvalue weighted by Gasteiger charge is -2.40. The van der Waals surface area contributed by atoms with Gasteiger partial charge in [0.1, 0.15) is 0 Å². The highest BCUT2D eigenvalue weighted by atomic mass is 16.7. The molecule has 1 N–H and O–H groups in total. The molecule has 2 amide bonds. The maximum absolute atomic E-state index is 12.9. The number of carbonyl (C=O) groups is 2. The number of hydrogen-bond acceptors (Lipinski definition) is 9. The summed E-state index contributed by atoms with van der Waals surface area (Å²) in [6, 6.07) is 24.4. The van der Waals surface area contributed by atoms with E-state index in [1.54, 1.807) is 36.7 Å². The molecule has 2 saturated heterocycles. The second kappa shape index (κ2) is 12.9. The Labute approximate surface area is 261 Å². The molecule has 3 aliphatic heterocycles. The van der Waals surface area contributed by atoms with E-state index in [4.69, 9.17) is 9.47 Å². The summed E-state index contributed by atoms with van der Waals surface area (Å²) < 4.78 is 13.1. The van der Waals surface area contributed by atoms with Crippen LogP contribution in [0.1, 0.15) is 61.8 Å². The van der Waals surface area contributed by atoms with Gasteiger partial charge in [-0.2, -0.15) is 0 Å². The topological polar surface area (TPSA) is 108 Å². The van der Waals surface area contributed by atoms with Crippen LogP contribution >= 0.6 is 0 Å². The second-order valence-electron chi connectivity index (χ2n) is 11.7. The average molecular weight is 606 g/mol. The lowest BCUT2D eigenvalue weighted by molar-refractivity contribution is -0.253. The van der Waals surface area contributed by atoms with E-state index in [1.807, 2.05) is 54.6 Å². The number of ether oxygens (including phenoxy) is 2. The van der Waals surface area contributed by atoms with Gasteiger partial charge in [0.2, 0.25) is 5.95 Å². The van der Waals surface area contributed by atoms with E-state index in [2.05, 4.69) is 19.8 Å². The molecule has 1 aromatic heterocycles. The Bertz CT molecular complexity index is 1610. The molecule has 0 aliphatic carbocycles. The summed E-state index contributed by atoms with van der Waals surface area (Å²) in [6.07, 6.45) is 3.42. The average Bonchev–Trinajstić information content (AvgIpc) is 3.34. The van der Waals surface area contributed by atoms with Crippen molar-refractivity contribution in [2.24, 2.45) is 0 Å². The van der Waals surface area contributed by atoms with Crippen molar-refractivity contribution in [3.05, 3.63) is 125 Å². The Kier molecular flexibility index (Phi) is 8.36. The van der Waals surface area contributed by atoms with Gasteiger partial charge >= 0.3 is 0 Å². The lowest BCUT2D eigenvalue weighted by Crippen LogP contribution is -2.50. The van der Waals surface area contributed by atoms with E-state index >= 15 is 0 Å². The largest absolute Gasteiger partial charge is 0.392 e. The number of rotatable bonds is 8. The van der Waals surface area contributed by atoms with E-state index in [-0.39, 0.29) is 37.2 Å². The molecule has 3 aliphatic rings. The molecule has 10 heteroatoms. The van der Waals surface area contributed by atoms with Crippen LogP contribution in [0.25, 0.3) is 0 Å². The number of fused-ring (bicyclic) bond motifs is 1. The highest BCUT2D eigenvalue weighted by Gasteiger charge is 2.36. The number of nitrogens with zero attached hydrogens (tertiary/aromatic N) is 5. The van der Waals surface area contributed by atoms with Crippen LogP contribution in [-0.2, 0) is 22.6 Å². The minimum atomic E-state index is -0.585. The molecule has 0 spiro atoms. The van der Waals surface area contributed by atoms with Crippen molar-refractivity contribution in [1.29, 1.82) is 0 Å². The zero-order chi connectivity index (χ0) is 30.8. The van der Waals surface area contributed by atoms with Crippen LogP contribution in [-0.4, -0.2) is 75.5 Å². The molecule has 0 saturated carbocycles. The second-order valence-corrected chi connectivity index (χ2v) is 11.7. The molecule has 10 nitrogen and oxygen atoms in total. The number of imide groups is 1. The quantitative estimate of drug-likeness (QED) is 0.297. The Morgan fingerprint density at radius 1 is 0.733 bits per heavy atom. The number of aromatic nitrogens is 2. The van der Waals surface area contributed by atoms with Crippen molar-refractivity contribution in [3.63, 3.8) is 0 Å². The van der Waals surface area contributed by atoms with Crippen molar-refractivity contribution in [2.45, 2.75) is 38.1 Å². The first-order valence-electron chi connectivity index (χ1n) is 15.3. The summed E-state index contributed by atoms with van der Waals surface area (Å²) in [5, 5.41) is 9.52. The third-order valence-corrected chi connectivity index (χ3v) is 8.75. The normalized spacial score (nSPS) is 22.1. The number of aliphatic hydroxyl groups is 1. The van der Waals surface area contributed by atoms with E-state index in [1.165, 1.54) is 4.90 Å². The van der Waals surface area contributed by atoms with Crippen LogP contribution in [0.3, 0.4) is 0 Å². The summed E-state index contributed by atoms with van der Waals surface area (Å²) >= 11 is 0. The predicted molar refractivity (Wildman–Crippen MR) is 166 cm³/mol. The van der Waals surface area contributed by atoms with Crippen LogP contribution in [0, 0.1) is 0 Å². The van der Waals surface area contributed by atoms with Crippen LogP contribution in [0.15, 0.2) is 91.3 Å². The summed E-state index contributed by atoms with van der Waals surface area (Å²) in [6.45, 7) is 4.41. The highest BCUT2D eigenvalue weighted by molar-refractivity contribution is 6.21. The van der Waals surface area contributed by atoms with E-state index < -0.39 is 6.29 Å². The maximum atomic E-state index is 12.9. The number of hydrogen-bond donors (Lipinski definition) is 1. The van der Waals surface area contributed by atoms with Gasteiger partial charge in [0, 0.05) is 57.1 Å². The molecule has 45 heavy (non-hydrogen) atoms. The number of amides is 2. The fraction of sp³-hybridized carbons (Fsp3) is 0.314. The molecule has 3 atom stereocenters. The molecule has 3 aromatic carbocycles. The number of carbonyl (C=O) groups excluding carboxylic acids is 2. The number of anilines is 1. The molecule has 7 rings (SSSR count). The van der Waals surface area contributed by atoms with Gasteiger partial charge < -0.3 is 19.5 Å². The van der Waals surface area contributed by atoms with Crippen LogP contribution < -0.4 is 4.90 Å². The predicted octanol–water partition coefficient (Wildman–Crippen LogP) is 4.13. The van der Waals surface area contributed by atoms with Crippen molar-refractivity contribution in [2.75, 3.05) is 37.6 Å². The van der Waals surface area contributed by atoms with Crippen LogP contribution in [0.2, 0.25) is 0 Å². The van der Waals surface area contributed by atoms with Gasteiger partial charge in [-0.3, -0.25) is 19.4 Å². The zero-order valence-corrected chi connectivity index (χ0v) is 24.9. The molecule has 3 unspecified atom stereocenters. The highest BCUT2D eigenvalue weighted by Crippen LogP contribution is 2.38. The molecule has 0 bridgehead atoms. The number of piperazine rings is 1. The minimum Gasteiger partial charge on any atom is -0.392 e. The fourth-order valence-electron chi connectivity index (χ4n) is 6.25. The standard InChI is InChI=1S/C35H35N5O5/c41-23-25-8-10-26(11-9-25)31-20-28(22-38-16-18-39(19-17-38)35-36-14-3-15-37-35)44-34(45-31)27-12-6-24(7-13-27)21-40-32(42)29-4-1-2-5-30(29)33(40)43/h1-15,28,31,34,41H,16-23H2. The Balaban J connectivity index is 1.04. The molecule has 230 valence electrons. The van der Waals surface area contributed by atoms with Gasteiger partial charge in [0.25, 0.3) is 11.8 Å². The maximum Gasteiger partial charge on any atom is 0.261 e. The molecule has 4 heterocycles. The summed E-state index contributed by atoms with van der Waals surface area (Å²) in [4.78, 5) is 40.4. The first kappa shape index (κ1) is 29.2. The smallest absolute Gasteiger partial charge is 0.261 e. The molecule has 0 radical (unpaired) electrons. The Hall–Kier alpha value is -4.48. The van der Waals surface area contributed by atoms with Crippen molar-refractivity contribution in [3.8, 4) is 0 Å². The van der Waals surface area contributed by atoms with Gasteiger partial charge in [-0.25, -0.2) is 9.97 Å². The summed E-state index contributed by atoms with van der Waals surface area (Å²) in [5.41, 5.74) is 4.50. The van der Waals surface area contributed by atoms with E-state index in [9.17, 15) is 14.7 Å².